The summed E-state index contributed by atoms with van der Waals surface area (Å²) in [5.74, 6) is -0.966. The molecule has 4 rings (SSSR count). The summed E-state index contributed by atoms with van der Waals surface area (Å²) in [5.41, 5.74) is 0.221. The molecule has 2 aromatic carbocycles. The van der Waals surface area contributed by atoms with E-state index in [1.165, 1.54) is 11.1 Å². The first-order chi connectivity index (χ1) is 15.1. The molecule has 1 aliphatic rings. The Balaban J connectivity index is 1.59. The molecule has 1 fully saturated rings. The molecule has 1 aliphatic carbocycles. The van der Waals surface area contributed by atoms with Gasteiger partial charge in [0.25, 0.3) is 11.5 Å². The highest BCUT2D eigenvalue weighted by molar-refractivity contribution is 6.02. The Labute approximate surface area is 180 Å². The van der Waals surface area contributed by atoms with Gasteiger partial charge in [-0.2, -0.15) is 9.78 Å². The molecule has 160 valence electrons. The summed E-state index contributed by atoms with van der Waals surface area (Å²) in [4.78, 5) is 40.0. The van der Waals surface area contributed by atoms with E-state index in [1.807, 2.05) is 6.07 Å². The topological polar surface area (TPSA) is 81.5 Å². The fraction of sp³-hybridized carbons (Fsp3) is 0.333. The van der Waals surface area contributed by atoms with E-state index in [4.69, 9.17) is 4.74 Å². The summed E-state index contributed by atoms with van der Waals surface area (Å²) in [6.07, 6.45) is 5.37. The van der Waals surface area contributed by atoms with Crippen LogP contribution in [0.5, 0.6) is 0 Å². The van der Waals surface area contributed by atoms with Crippen LogP contribution in [0, 0.1) is 0 Å². The van der Waals surface area contributed by atoms with Gasteiger partial charge in [-0.1, -0.05) is 55.7 Å². The van der Waals surface area contributed by atoms with Crippen molar-refractivity contribution in [2.24, 2.45) is 0 Å². The Bertz CT molecular complexity index is 1150. The minimum atomic E-state index is -0.730. The first kappa shape index (κ1) is 20.8. The Kier molecular flexibility index (Phi) is 6.11. The lowest BCUT2D eigenvalue weighted by molar-refractivity contribution is -0.135. The van der Waals surface area contributed by atoms with Crippen LogP contribution in [-0.4, -0.2) is 46.3 Å². The lowest BCUT2D eigenvalue weighted by Crippen LogP contribution is -2.40. The standard InChI is InChI=1S/C24H25N3O4/c1-26(17-10-4-2-5-11-17)21(28)16-31-24(30)22-19-14-8-9-15-20(19)23(29)27(25-22)18-12-6-3-7-13-18/h3,6-9,12-15,17H,2,4-5,10-11,16H2,1H3. The van der Waals surface area contributed by atoms with Crippen molar-refractivity contribution in [1.29, 1.82) is 0 Å². The Hall–Kier alpha value is -3.48. The maximum atomic E-state index is 12.9. The fourth-order valence-corrected chi connectivity index (χ4v) is 4.05. The van der Waals surface area contributed by atoms with E-state index in [-0.39, 0.29) is 29.8 Å². The molecule has 3 aromatic rings. The molecule has 1 aromatic heterocycles. The number of carbonyl (C=O) groups is 2. The highest BCUT2D eigenvalue weighted by Crippen LogP contribution is 2.22. The van der Waals surface area contributed by atoms with Crippen molar-refractivity contribution in [1.82, 2.24) is 14.7 Å². The number of rotatable bonds is 5. The van der Waals surface area contributed by atoms with Crippen LogP contribution in [0.3, 0.4) is 0 Å². The van der Waals surface area contributed by atoms with E-state index in [0.717, 1.165) is 25.7 Å². The van der Waals surface area contributed by atoms with Gasteiger partial charge in [0.2, 0.25) is 0 Å². The number of likely N-dealkylation sites (N-methyl/N-ethyl adjacent to an activating group) is 1. The molecule has 7 heteroatoms. The van der Waals surface area contributed by atoms with E-state index in [0.29, 0.717) is 16.5 Å². The lowest BCUT2D eigenvalue weighted by Gasteiger charge is -2.31. The van der Waals surface area contributed by atoms with E-state index >= 15 is 0 Å². The second kappa shape index (κ2) is 9.12. The zero-order valence-corrected chi connectivity index (χ0v) is 17.5. The number of aromatic nitrogens is 2. The van der Waals surface area contributed by atoms with E-state index < -0.39 is 5.97 Å². The Morgan fingerprint density at radius 1 is 1.00 bits per heavy atom. The molecule has 0 unspecified atom stereocenters. The van der Waals surface area contributed by atoms with Crippen molar-refractivity contribution in [3.8, 4) is 5.69 Å². The zero-order valence-electron chi connectivity index (χ0n) is 17.5. The molecular formula is C24H25N3O4. The van der Waals surface area contributed by atoms with Crippen molar-refractivity contribution in [3.05, 3.63) is 70.6 Å². The molecular weight excluding hydrogens is 394 g/mol. The van der Waals surface area contributed by atoms with Gasteiger partial charge in [-0.05, 0) is 31.0 Å². The summed E-state index contributed by atoms with van der Waals surface area (Å²) < 4.78 is 6.52. The maximum absolute atomic E-state index is 12.9. The highest BCUT2D eigenvalue weighted by atomic mass is 16.5. The van der Waals surface area contributed by atoms with Crippen LogP contribution in [0.15, 0.2) is 59.4 Å². The highest BCUT2D eigenvalue weighted by Gasteiger charge is 2.24. The molecule has 0 aliphatic heterocycles. The number of ether oxygens (including phenoxy) is 1. The summed E-state index contributed by atoms with van der Waals surface area (Å²) >= 11 is 0. The molecule has 31 heavy (non-hydrogen) atoms. The number of nitrogens with zero attached hydrogens (tertiary/aromatic N) is 3. The molecule has 0 spiro atoms. The van der Waals surface area contributed by atoms with Crippen LogP contribution in [0.4, 0.5) is 0 Å². The SMILES string of the molecule is CN(C(=O)COC(=O)c1nn(-c2ccccc2)c(=O)c2ccccc12)C1CCCCC1. The van der Waals surface area contributed by atoms with Gasteiger partial charge < -0.3 is 9.64 Å². The summed E-state index contributed by atoms with van der Waals surface area (Å²) in [7, 11) is 1.76. The van der Waals surface area contributed by atoms with Gasteiger partial charge in [-0.15, -0.1) is 0 Å². The third kappa shape index (κ3) is 4.35. The second-order valence-electron chi connectivity index (χ2n) is 7.82. The van der Waals surface area contributed by atoms with Crippen molar-refractivity contribution in [3.63, 3.8) is 0 Å². The van der Waals surface area contributed by atoms with Crippen molar-refractivity contribution in [2.45, 2.75) is 38.1 Å². The van der Waals surface area contributed by atoms with Crippen LogP contribution < -0.4 is 5.56 Å². The van der Waals surface area contributed by atoms with Gasteiger partial charge in [0.15, 0.2) is 12.3 Å². The Morgan fingerprint density at radius 3 is 2.35 bits per heavy atom. The predicted octanol–water partition coefficient (Wildman–Crippen LogP) is 3.33. The number of amides is 1. The maximum Gasteiger partial charge on any atom is 0.359 e. The first-order valence-corrected chi connectivity index (χ1v) is 10.6. The number of esters is 1. The normalized spacial score (nSPS) is 14.4. The van der Waals surface area contributed by atoms with Gasteiger partial charge >= 0.3 is 5.97 Å². The van der Waals surface area contributed by atoms with E-state index in [9.17, 15) is 14.4 Å². The molecule has 0 bridgehead atoms. The van der Waals surface area contributed by atoms with Crippen LogP contribution in [0.2, 0.25) is 0 Å². The van der Waals surface area contributed by atoms with Crippen molar-refractivity contribution < 1.29 is 14.3 Å². The number of benzene rings is 2. The number of para-hydroxylation sites is 1. The molecule has 1 heterocycles. The zero-order chi connectivity index (χ0) is 21.8. The number of hydrogen-bond donors (Lipinski definition) is 0. The van der Waals surface area contributed by atoms with Crippen molar-refractivity contribution in [2.75, 3.05) is 13.7 Å². The predicted molar refractivity (Wildman–Crippen MR) is 117 cm³/mol. The Morgan fingerprint density at radius 2 is 1.65 bits per heavy atom. The van der Waals surface area contributed by atoms with Gasteiger partial charge in [-0.3, -0.25) is 9.59 Å². The largest absolute Gasteiger partial charge is 0.451 e. The average Bonchev–Trinajstić information content (AvgIpc) is 2.83. The van der Waals surface area contributed by atoms with Crippen LogP contribution in [0.1, 0.15) is 42.6 Å². The van der Waals surface area contributed by atoms with Crippen LogP contribution in [-0.2, 0) is 9.53 Å². The van der Waals surface area contributed by atoms with Gasteiger partial charge in [-0.25, -0.2) is 4.79 Å². The minimum absolute atomic E-state index is 0.00664. The van der Waals surface area contributed by atoms with Gasteiger partial charge in [0.05, 0.1) is 11.1 Å². The summed E-state index contributed by atoms with van der Waals surface area (Å²) in [6.45, 7) is -0.355. The fourth-order valence-electron chi connectivity index (χ4n) is 4.05. The summed E-state index contributed by atoms with van der Waals surface area (Å²) in [6, 6.07) is 15.8. The summed E-state index contributed by atoms with van der Waals surface area (Å²) in [5, 5.41) is 5.05. The van der Waals surface area contributed by atoms with Crippen LogP contribution in [0.25, 0.3) is 16.5 Å². The van der Waals surface area contributed by atoms with Gasteiger partial charge in [0, 0.05) is 18.5 Å². The molecule has 0 radical (unpaired) electrons. The molecule has 7 nitrogen and oxygen atoms in total. The molecule has 0 saturated heterocycles. The molecule has 1 saturated carbocycles. The second-order valence-corrected chi connectivity index (χ2v) is 7.82. The minimum Gasteiger partial charge on any atom is -0.451 e. The third-order valence-electron chi connectivity index (χ3n) is 5.84. The van der Waals surface area contributed by atoms with Crippen LogP contribution >= 0.6 is 0 Å². The van der Waals surface area contributed by atoms with Gasteiger partial charge in [0.1, 0.15) is 0 Å². The van der Waals surface area contributed by atoms with Crippen molar-refractivity contribution >= 4 is 22.6 Å². The number of fused-ring (bicyclic) bond motifs is 1. The monoisotopic (exact) mass is 419 g/mol. The average molecular weight is 419 g/mol. The first-order valence-electron chi connectivity index (χ1n) is 10.6. The number of hydrogen-bond acceptors (Lipinski definition) is 5. The van der Waals surface area contributed by atoms with E-state index in [2.05, 4.69) is 5.10 Å². The smallest absolute Gasteiger partial charge is 0.359 e. The molecule has 0 N–H and O–H groups in total. The third-order valence-corrected chi connectivity index (χ3v) is 5.84. The number of carbonyl (C=O) groups excluding carboxylic acids is 2. The quantitative estimate of drug-likeness (QED) is 0.593. The lowest BCUT2D eigenvalue weighted by atomic mass is 9.94. The van der Waals surface area contributed by atoms with E-state index in [1.54, 1.807) is 60.5 Å². The molecule has 1 amide bonds. The molecule has 0 atom stereocenters.